The number of nitrogens with zero attached hydrogens (tertiary/aromatic N) is 3. The van der Waals surface area contributed by atoms with Crippen LogP contribution in [0.15, 0.2) is 48.8 Å². The van der Waals surface area contributed by atoms with Gasteiger partial charge in [0.15, 0.2) is 5.69 Å². The van der Waals surface area contributed by atoms with Gasteiger partial charge in [-0.2, -0.15) is 10.2 Å². The van der Waals surface area contributed by atoms with Crippen LogP contribution in [0.1, 0.15) is 16.2 Å². The second kappa shape index (κ2) is 5.00. The Labute approximate surface area is 115 Å². The molecule has 0 aliphatic carbocycles. The fraction of sp³-hybridized carbons (Fsp3) is 0.0714. The molecular weight excluding hydrogens is 254 g/mol. The second-order valence-corrected chi connectivity index (χ2v) is 4.36. The van der Waals surface area contributed by atoms with Crippen molar-refractivity contribution in [1.29, 1.82) is 0 Å². The fourth-order valence-corrected chi connectivity index (χ4v) is 1.93. The third-order valence-corrected chi connectivity index (χ3v) is 2.88. The molecule has 1 amide bonds. The molecule has 2 heterocycles. The van der Waals surface area contributed by atoms with E-state index in [0.29, 0.717) is 11.4 Å². The number of hydrogen-bond donors (Lipinski definition) is 2. The molecule has 1 aromatic carbocycles. The molecule has 0 atom stereocenters. The Morgan fingerprint density at radius 2 is 2.10 bits per heavy atom. The maximum Gasteiger partial charge on any atom is 0.276 e. The zero-order valence-electron chi connectivity index (χ0n) is 10.9. The Hall–Kier alpha value is -2.89. The molecule has 0 saturated heterocycles. The Bertz CT molecular complexity index is 715. The Kier molecular flexibility index (Phi) is 3.04. The molecular formula is C14H13N5O. The fourth-order valence-electron chi connectivity index (χ4n) is 1.93. The first kappa shape index (κ1) is 12.2. The van der Waals surface area contributed by atoms with Crippen LogP contribution in [-0.2, 0) is 0 Å². The van der Waals surface area contributed by atoms with E-state index >= 15 is 0 Å². The number of anilines is 1. The highest BCUT2D eigenvalue weighted by Crippen LogP contribution is 2.13. The van der Waals surface area contributed by atoms with Crippen molar-refractivity contribution in [2.24, 2.45) is 0 Å². The van der Waals surface area contributed by atoms with Crippen LogP contribution >= 0.6 is 0 Å². The van der Waals surface area contributed by atoms with Crippen molar-refractivity contribution in [3.05, 3.63) is 60.2 Å². The predicted octanol–water partition coefficient (Wildman–Crippen LogP) is 2.16. The molecule has 2 N–H and O–H groups in total. The van der Waals surface area contributed by atoms with E-state index in [0.717, 1.165) is 11.4 Å². The summed E-state index contributed by atoms with van der Waals surface area (Å²) in [6.45, 7) is 1.91. The van der Waals surface area contributed by atoms with E-state index in [1.807, 2.05) is 37.3 Å². The summed E-state index contributed by atoms with van der Waals surface area (Å²) in [4.78, 5) is 12.1. The summed E-state index contributed by atoms with van der Waals surface area (Å²) < 4.78 is 1.74. The van der Waals surface area contributed by atoms with Gasteiger partial charge in [-0.05, 0) is 25.1 Å². The van der Waals surface area contributed by atoms with Crippen molar-refractivity contribution < 1.29 is 4.79 Å². The van der Waals surface area contributed by atoms with Gasteiger partial charge in [0, 0.05) is 11.9 Å². The van der Waals surface area contributed by atoms with E-state index < -0.39 is 0 Å². The summed E-state index contributed by atoms with van der Waals surface area (Å²) in [6, 6.07) is 11.4. The van der Waals surface area contributed by atoms with E-state index in [4.69, 9.17) is 0 Å². The van der Waals surface area contributed by atoms with Crippen LogP contribution in [-0.4, -0.2) is 25.9 Å². The Morgan fingerprint density at radius 1 is 1.30 bits per heavy atom. The quantitative estimate of drug-likeness (QED) is 0.763. The number of carbonyl (C=O) groups is 1. The van der Waals surface area contributed by atoms with Crippen molar-refractivity contribution in [2.75, 3.05) is 5.32 Å². The molecule has 0 unspecified atom stereocenters. The SMILES string of the molecule is Cc1cc(C(=O)Nc2cn[nH]c2)nn1-c1ccccc1. The van der Waals surface area contributed by atoms with Crippen LogP contribution in [0.4, 0.5) is 5.69 Å². The molecule has 0 aliphatic rings. The minimum Gasteiger partial charge on any atom is -0.318 e. The zero-order valence-corrected chi connectivity index (χ0v) is 10.9. The number of nitrogens with one attached hydrogen (secondary N) is 2. The normalized spacial score (nSPS) is 10.4. The van der Waals surface area contributed by atoms with Crippen LogP contribution in [0.3, 0.4) is 0 Å². The van der Waals surface area contributed by atoms with Gasteiger partial charge in [0.1, 0.15) is 0 Å². The lowest BCUT2D eigenvalue weighted by Gasteiger charge is -2.02. The Morgan fingerprint density at radius 3 is 2.80 bits per heavy atom. The number of aromatic amines is 1. The van der Waals surface area contributed by atoms with Crippen LogP contribution in [0.5, 0.6) is 0 Å². The number of amides is 1. The van der Waals surface area contributed by atoms with E-state index in [1.165, 1.54) is 0 Å². The molecule has 20 heavy (non-hydrogen) atoms. The highest BCUT2D eigenvalue weighted by Gasteiger charge is 2.13. The average molecular weight is 267 g/mol. The number of benzene rings is 1. The van der Waals surface area contributed by atoms with Crippen LogP contribution in [0, 0.1) is 6.92 Å². The number of hydrogen-bond acceptors (Lipinski definition) is 3. The van der Waals surface area contributed by atoms with Gasteiger partial charge >= 0.3 is 0 Å². The number of aromatic nitrogens is 4. The third kappa shape index (κ3) is 2.31. The van der Waals surface area contributed by atoms with Crippen molar-refractivity contribution in [3.63, 3.8) is 0 Å². The van der Waals surface area contributed by atoms with Gasteiger partial charge in [-0.15, -0.1) is 0 Å². The molecule has 6 nitrogen and oxygen atoms in total. The topological polar surface area (TPSA) is 75.6 Å². The monoisotopic (exact) mass is 267 g/mol. The maximum atomic E-state index is 12.1. The van der Waals surface area contributed by atoms with Gasteiger partial charge in [0.2, 0.25) is 0 Å². The second-order valence-electron chi connectivity index (χ2n) is 4.36. The summed E-state index contributed by atoms with van der Waals surface area (Å²) in [5.74, 6) is -0.260. The molecule has 0 aliphatic heterocycles. The zero-order chi connectivity index (χ0) is 13.9. The molecule has 2 aromatic heterocycles. The highest BCUT2D eigenvalue weighted by atomic mass is 16.2. The number of rotatable bonds is 3. The van der Waals surface area contributed by atoms with Gasteiger partial charge < -0.3 is 5.32 Å². The first-order valence-electron chi connectivity index (χ1n) is 6.16. The number of H-pyrrole nitrogens is 1. The molecule has 0 spiro atoms. The van der Waals surface area contributed by atoms with Crippen LogP contribution in [0.2, 0.25) is 0 Å². The minimum absolute atomic E-state index is 0.260. The molecule has 0 bridgehead atoms. The number of carbonyl (C=O) groups excluding carboxylic acids is 1. The lowest BCUT2D eigenvalue weighted by molar-refractivity contribution is 0.102. The van der Waals surface area contributed by atoms with Crippen LogP contribution < -0.4 is 5.32 Å². The first-order chi connectivity index (χ1) is 9.74. The summed E-state index contributed by atoms with van der Waals surface area (Å²) in [5, 5.41) is 13.5. The summed E-state index contributed by atoms with van der Waals surface area (Å²) in [6.07, 6.45) is 3.15. The molecule has 0 saturated carbocycles. The van der Waals surface area contributed by atoms with Crippen molar-refractivity contribution >= 4 is 11.6 Å². The average Bonchev–Trinajstić information content (AvgIpc) is 3.09. The number of para-hydroxylation sites is 1. The lowest BCUT2D eigenvalue weighted by atomic mass is 10.3. The largest absolute Gasteiger partial charge is 0.318 e. The van der Waals surface area contributed by atoms with E-state index in [2.05, 4.69) is 20.6 Å². The van der Waals surface area contributed by atoms with Gasteiger partial charge in [-0.25, -0.2) is 4.68 Å². The summed E-state index contributed by atoms with van der Waals surface area (Å²) >= 11 is 0. The molecule has 6 heteroatoms. The number of aryl methyl sites for hydroxylation is 1. The molecule has 0 radical (unpaired) electrons. The highest BCUT2D eigenvalue weighted by molar-refractivity contribution is 6.02. The van der Waals surface area contributed by atoms with Gasteiger partial charge in [-0.1, -0.05) is 18.2 Å². The molecule has 0 fully saturated rings. The smallest absolute Gasteiger partial charge is 0.276 e. The molecule has 3 aromatic rings. The van der Waals surface area contributed by atoms with E-state index in [1.54, 1.807) is 23.1 Å². The van der Waals surface area contributed by atoms with Crippen molar-refractivity contribution in [3.8, 4) is 5.69 Å². The van der Waals surface area contributed by atoms with E-state index in [9.17, 15) is 4.79 Å². The van der Waals surface area contributed by atoms with Gasteiger partial charge in [0.25, 0.3) is 5.91 Å². The van der Waals surface area contributed by atoms with Crippen molar-refractivity contribution in [1.82, 2.24) is 20.0 Å². The van der Waals surface area contributed by atoms with Crippen molar-refractivity contribution in [2.45, 2.75) is 6.92 Å². The molecule has 100 valence electrons. The van der Waals surface area contributed by atoms with Gasteiger partial charge in [-0.3, -0.25) is 9.89 Å². The standard InChI is InChI=1S/C14H13N5O/c1-10-7-13(14(20)17-11-8-15-16-9-11)18-19(10)12-5-3-2-4-6-12/h2-9H,1H3,(H,15,16)(H,17,20). The minimum atomic E-state index is -0.260. The summed E-state index contributed by atoms with van der Waals surface area (Å²) in [5.41, 5.74) is 2.80. The first-order valence-corrected chi connectivity index (χ1v) is 6.16. The Balaban J connectivity index is 1.87. The third-order valence-electron chi connectivity index (χ3n) is 2.88. The maximum absolute atomic E-state index is 12.1. The van der Waals surface area contributed by atoms with Crippen LogP contribution in [0.25, 0.3) is 5.69 Å². The lowest BCUT2D eigenvalue weighted by Crippen LogP contribution is -2.12. The van der Waals surface area contributed by atoms with Gasteiger partial charge in [0.05, 0.1) is 17.6 Å². The molecule has 3 rings (SSSR count). The predicted molar refractivity (Wildman–Crippen MR) is 74.8 cm³/mol. The summed E-state index contributed by atoms with van der Waals surface area (Å²) in [7, 11) is 0. The van der Waals surface area contributed by atoms with E-state index in [-0.39, 0.29) is 5.91 Å².